The smallest absolute Gasteiger partial charge is 0.267 e. The quantitative estimate of drug-likeness (QED) is 0.430. The molecule has 0 saturated heterocycles. The molecule has 7 heteroatoms. The van der Waals surface area contributed by atoms with Gasteiger partial charge in [0.2, 0.25) is 5.88 Å². The van der Waals surface area contributed by atoms with E-state index >= 15 is 0 Å². The molecule has 0 radical (unpaired) electrons. The molecule has 0 amide bonds. The zero-order valence-electron chi connectivity index (χ0n) is 16.7. The molecule has 4 N–H and O–H groups in total. The molecule has 6 nitrogen and oxygen atoms in total. The third-order valence-corrected chi connectivity index (χ3v) is 3.21. The Morgan fingerprint density at radius 3 is 2.04 bits per heavy atom. The van der Waals surface area contributed by atoms with Gasteiger partial charge in [0.25, 0.3) is 11.1 Å². The van der Waals surface area contributed by atoms with Gasteiger partial charge in [0.1, 0.15) is 5.48 Å². The third-order valence-electron chi connectivity index (χ3n) is 3.21. The molecule has 1 heterocycles. The van der Waals surface area contributed by atoms with Gasteiger partial charge in [0.15, 0.2) is 5.22 Å². The summed E-state index contributed by atoms with van der Waals surface area (Å²) in [5.74, 6) is -0.510. The molecule has 1 aromatic heterocycles. The number of aromatic amines is 2. The van der Waals surface area contributed by atoms with Crippen molar-refractivity contribution in [2.24, 2.45) is 0 Å². The van der Waals surface area contributed by atoms with E-state index in [0.29, 0.717) is 5.69 Å². The average molecular weight is 554 g/mol. The number of aliphatic hydroxyl groups is 1. The molecule has 0 spiro atoms. The summed E-state index contributed by atoms with van der Waals surface area (Å²) in [6, 6.07) is 8.69. The number of para-hydroxylation sites is 1. The molecule has 1 aliphatic rings. The Labute approximate surface area is 179 Å². The van der Waals surface area contributed by atoms with E-state index in [1.807, 2.05) is 13.8 Å². The van der Waals surface area contributed by atoms with Gasteiger partial charge in [-0.15, -0.1) is 0 Å². The molecule has 0 fully saturated rings. The van der Waals surface area contributed by atoms with Crippen LogP contribution in [-0.2, 0) is 21.1 Å². The Kier molecular flexibility index (Phi) is 14.3. The van der Waals surface area contributed by atoms with E-state index in [9.17, 15) is 14.7 Å². The first kappa shape index (κ1) is 27.6. The minimum atomic E-state index is -0.704. The summed E-state index contributed by atoms with van der Waals surface area (Å²) < 4.78 is 0. The van der Waals surface area contributed by atoms with E-state index in [4.69, 9.17) is 0 Å². The van der Waals surface area contributed by atoms with Crippen LogP contribution >= 0.6 is 0 Å². The molecular formula is C21H28N3O3W-. The predicted octanol–water partition coefficient (Wildman–Crippen LogP) is 2.58. The molecule has 152 valence electrons. The van der Waals surface area contributed by atoms with Crippen molar-refractivity contribution in [2.75, 3.05) is 5.32 Å². The van der Waals surface area contributed by atoms with Gasteiger partial charge in [-0.1, -0.05) is 62.4 Å². The van der Waals surface area contributed by atoms with E-state index in [2.05, 4.69) is 47.0 Å². The Hall–Kier alpha value is -2.59. The van der Waals surface area contributed by atoms with E-state index in [1.165, 1.54) is 12.0 Å². The van der Waals surface area contributed by atoms with E-state index in [-0.39, 0.29) is 39.2 Å². The van der Waals surface area contributed by atoms with Crippen molar-refractivity contribution in [1.82, 2.24) is 9.97 Å². The van der Waals surface area contributed by atoms with Gasteiger partial charge in [-0.3, -0.25) is 9.59 Å². The first-order valence-electron chi connectivity index (χ1n) is 8.36. The van der Waals surface area contributed by atoms with Gasteiger partial charge in [-0.25, -0.2) is 0 Å². The largest absolute Gasteiger partial charge is 0.494 e. The van der Waals surface area contributed by atoms with Crippen molar-refractivity contribution >= 4 is 18.1 Å². The number of hydrogen-bond acceptors (Lipinski definition) is 4. The second-order valence-corrected chi connectivity index (χ2v) is 5.25. The Bertz CT molecular complexity index is 953. The van der Waals surface area contributed by atoms with E-state index in [0.717, 1.165) is 0 Å². The van der Waals surface area contributed by atoms with E-state index < -0.39 is 17.0 Å². The number of allylic oxidation sites excluding steroid dienone is 4. The Morgan fingerprint density at radius 1 is 1.11 bits per heavy atom. The van der Waals surface area contributed by atoms with Crippen LogP contribution in [0.4, 0.5) is 5.69 Å². The van der Waals surface area contributed by atoms with Crippen molar-refractivity contribution < 1.29 is 26.2 Å². The first-order valence-corrected chi connectivity index (χ1v) is 8.36. The summed E-state index contributed by atoms with van der Waals surface area (Å²) >= 11 is 0. The molecule has 3 rings (SSSR count). The fraction of sp³-hybridized carbons (Fsp3) is 0.190. The first-order chi connectivity index (χ1) is 12.5. The minimum absolute atomic E-state index is 0. The van der Waals surface area contributed by atoms with E-state index in [1.54, 1.807) is 30.3 Å². The summed E-state index contributed by atoms with van der Waals surface area (Å²) in [6.45, 7) is 9.54. The van der Waals surface area contributed by atoms with Crippen LogP contribution in [-0.4, -0.2) is 15.1 Å². The Balaban J connectivity index is 0. The number of nitrogens with one attached hydrogen (secondary N) is 3. The molecule has 2 aromatic rings. The van der Waals surface area contributed by atoms with Gasteiger partial charge in [0.05, 0.1) is 0 Å². The fourth-order valence-corrected chi connectivity index (χ4v) is 2.02. The average Bonchev–Trinajstić information content (AvgIpc) is 3.08. The van der Waals surface area contributed by atoms with Crippen molar-refractivity contribution in [2.45, 2.75) is 27.2 Å². The zero-order valence-corrected chi connectivity index (χ0v) is 19.6. The molecule has 0 bridgehead atoms. The Morgan fingerprint density at radius 2 is 1.64 bits per heavy atom. The molecule has 0 unspecified atom stereocenters. The van der Waals surface area contributed by atoms with Gasteiger partial charge in [-0.2, -0.15) is 0 Å². The molecule has 0 atom stereocenters. The molecule has 28 heavy (non-hydrogen) atoms. The van der Waals surface area contributed by atoms with Crippen LogP contribution in [0, 0.1) is 7.43 Å². The van der Waals surface area contributed by atoms with Crippen LogP contribution in [0.25, 0.3) is 12.5 Å². The maximum absolute atomic E-state index is 11.6. The molecule has 1 aliphatic carbocycles. The van der Waals surface area contributed by atoms with Crippen molar-refractivity contribution in [1.29, 1.82) is 0 Å². The zero-order chi connectivity index (χ0) is 19.5. The second kappa shape index (κ2) is 14.5. The molecular weight excluding hydrogens is 526 g/mol. The maximum Gasteiger partial charge on any atom is 0.267 e. The molecule has 0 aliphatic heterocycles. The van der Waals surface area contributed by atoms with Crippen LogP contribution in [0.1, 0.15) is 27.2 Å². The second-order valence-electron chi connectivity index (χ2n) is 5.25. The summed E-state index contributed by atoms with van der Waals surface area (Å²) in [4.78, 5) is 27.7. The van der Waals surface area contributed by atoms with Gasteiger partial charge in [-0.05, 0) is 25.5 Å². The summed E-state index contributed by atoms with van der Waals surface area (Å²) in [5, 5.41) is 12.0. The fourth-order valence-electron chi connectivity index (χ4n) is 2.02. The van der Waals surface area contributed by atoms with Crippen molar-refractivity contribution in [3.8, 4) is 0 Å². The number of rotatable bonds is 2. The van der Waals surface area contributed by atoms with Gasteiger partial charge >= 0.3 is 0 Å². The number of hydrogen-bond donors (Lipinski definition) is 4. The molecule has 0 saturated carbocycles. The van der Waals surface area contributed by atoms with Crippen molar-refractivity contribution in [3.63, 3.8) is 0 Å². The number of aromatic nitrogens is 2. The standard InChI is InChI=1S/C12H11N3O3.C6H8.C2H6.CH3.W/c1-7-13-10(16)9(11(17)14-7)12(18)15-8-5-3-2-4-6-8;1-6-4-2-3-5-6;1-2;;/h2-6,15,18H,1H2,(H,13,16)(H,14,17);2-4H,5H2,1H3;1-2H3;1H3;/q;;;-1;. The number of aliphatic hydroxyl groups excluding tert-OH is 1. The topological polar surface area (TPSA) is 98.0 Å². The summed E-state index contributed by atoms with van der Waals surface area (Å²) in [6.07, 6.45) is 7.56. The van der Waals surface area contributed by atoms with Crippen LogP contribution in [0.2, 0.25) is 0 Å². The maximum atomic E-state index is 11.6. The normalized spacial score (nSPS) is 10.6. The van der Waals surface area contributed by atoms with Crippen LogP contribution in [0.5, 0.6) is 0 Å². The predicted molar refractivity (Wildman–Crippen MR) is 114 cm³/mol. The summed E-state index contributed by atoms with van der Waals surface area (Å²) in [7, 11) is 0. The van der Waals surface area contributed by atoms with Crippen LogP contribution < -0.4 is 27.1 Å². The number of anilines is 1. The number of H-pyrrole nitrogens is 2. The van der Waals surface area contributed by atoms with Gasteiger partial charge in [0, 0.05) is 26.8 Å². The number of benzene rings is 1. The minimum Gasteiger partial charge on any atom is -0.494 e. The SMILES string of the molecule is C=c1[nH]c(=O)c(=C(O)Nc2ccccc2)c(=O)[nH]1.CC.CC1=CC=CC1.[CH3-].[W]. The van der Waals surface area contributed by atoms with Crippen molar-refractivity contribution in [3.05, 3.63) is 93.0 Å². The summed E-state index contributed by atoms with van der Waals surface area (Å²) in [5.41, 5.74) is 0.707. The van der Waals surface area contributed by atoms with Crippen LogP contribution in [0.3, 0.4) is 0 Å². The molecule has 1 aromatic carbocycles. The van der Waals surface area contributed by atoms with Crippen LogP contribution in [0.15, 0.2) is 63.7 Å². The third kappa shape index (κ3) is 8.87. The van der Waals surface area contributed by atoms with Gasteiger partial charge < -0.3 is 27.8 Å². The monoisotopic (exact) mass is 554 g/mol.